The van der Waals surface area contributed by atoms with Crippen molar-refractivity contribution in [3.05, 3.63) is 70.0 Å². The number of hydrogen-bond donors (Lipinski definition) is 2. The topological polar surface area (TPSA) is 102 Å². The fraction of sp³-hybridized carbons (Fsp3) is 0.536. The Kier molecular flexibility index (Phi) is 9.95. The Hall–Kier alpha value is -1.88. The van der Waals surface area contributed by atoms with Gasteiger partial charge in [0.15, 0.2) is 5.78 Å². The molecule has 3 N–H and O–H groups in total. The zero-order valence-corrected chi connectivity index (χ0v) is 23.3. The van der Waals surface area contributed by atoms with Crippen LogP contribution in [0.1, 0.15) is 41.9 Å². The van der Waals surface area contributed by atoms with Gasteiger partial charge in [-0.15, -0.1) is 0 Å². The Morgan fingerprint density at radius 1 is 1.21 bits per heavy atom. The molecule has 2 aromatic rings. The van der Waals surface area contributed by atoms with E-state index in [1.165, 1.54) is 16.6 Å². The van der Waals surface area contributed by atoms with E-state index in [1.54, 1.807) is 12.1 Å². The molecule has 0 bridgehead atoms. The van der Waals surface area contributed by atoms with E-state index in [0.717, 1.165) is 18.4 Å². The maximum Gasteiger partial charge on any atom is 0.211 e. The lowest BCUT2D eigenvalue weighted by Crippen LogP contribution is -2.53. The van der Waals surface area contributed by atoms with Crippen LogP contribution in [0.4, 0.5) is 4.39 Å². The highest BCUT2D eigenvalue weighted by molar-refractivity contribution is 7.88. The number of sulfonamides is 1. The van der Waals surface area contributed by atoms with Crippen LogP contribution in [0.2, 0.25) is 5.02 Å². The Labute approximate surface area is 229 Å². The number of piperazine rings is 1. The van der Waals surface area contributed by atoms with Gasteiger partial charge >= 0.3 is 0 Å². The molecule has 0 unspecified atom stereocenters. The van der Waals surface area contributed by atoms with Gasteiger partial charge in [0.25, 0.3) is 0 Å². The first-order valence-corrected chi connectivity index (χ1v) is 15.4. The highest BCUT2D eigenvalue weighted by atomic mass is 35.5. The van der Waals surface area contributed by atoms with Crippen molar-refractivity contribution in [2.75, 3.05) is 39.1 Å². The summed E-state index contributed by atoms with van der Waals surface area (Å²) in [4.78, 5) is 13.6. The molecule has 0 spiro atoms. The summed E-state index contributed by atoms with van der Waals surface area (Å²) in [7, 11) is -3.37. The molecule has 3 atom stereocenters. The number of carbonyl (C=O) groups is 1. The summed E-state index contributed by atoms with van der Waals surface area (Å²) < 4.78 is 46.5. The maximum atomic E-state index is 15.0. The van der Waals surface area contributed by atoms with Crippen LogP contribution < -0.4 is 11.1 Å². The summed E-state index contributed by atoms with van der Waals surface area (Å²) in [6.07, 6.45) is 3.61. The number of halogens is 2. The van der Waals surface area contributed by atoms with Crippen molar-refractivity contribution in [2.45, 2.75) is 50.1 Å². The molecule has 2 aliphatic rings. The first-order chi connectivity index (χ1) is 18.1. The number of nitrogens with one attached hydrogen (secondary N) is 1. The van der Waals surface area contributed by atoms with Crippen LogP contribution in [0.5, 0.6) is 0 Å². The lowest BCUT2D eigenvalue weighted by Gasteiger charge is -2.34. The largest absolute Gasteiger partial charge is 0.381 e. The minimum atomic E-state index is -3.37. The highest BCUT2D eigenvalue weighted by Crippen LogP contribution is 2.35. The van der Waals surface area contributed by atoms with Gasteiger partial charge in [0.2, 0.25) is 10.0 Å². The number of hydrogen-bond acceptors (Lipinski definition) is 6. The number of Topliss-reactive ketones (excluding diaryl/α,β-unsaturated/α-hetero) is 1. The number of benzene rings is 2. The van der Waals surface area contributed by atoms with Crippen molar-refractivity contribution in [3.8, 4) is 0 Å². The first kappa shape index (κ1) is 29.1. The summed E-state index contributed by atoms with van der Waals surface area (Å²) in [5.41, 5.74) is 8.67. The molecule has 4 rings (SSSR count). The van der Waals surface area contributed by atoms with Crippen LogP contribution in [-0.4, -0.2) is 69.7 Å². The Morgan fingerprint density at radius 3 is 2.61 bits per heavy atom. The van der Waals surface area contributed by atoms with Gasteiger partial charge in [-0.25, -0.2) is 12.8 Å². The number of carbonyl (C=O) groups excluding carboxylic acids is 1. The van der Waals surface area contributed by atoms with Gasteiger partial charge in [-0.2, -0.15) is 4.31 Å². The second-order valence-electron chi connectivity index (χ2n) is 10.3. The van der Waals surface area contributed by atoms with Crippen LogP contribution in [0.25, 0.3) is 0 Å². The summed E-state index contributed by atoms with van der Waals surface area (Å²) in [5, 5.41) is 3.84. The zero-order valence-electron chi connectivity index (χ0n) is 21.7. The Balaban J connectivity index is 1.52. The molecule has 10 heteroatoms. The average molecular weight is 566 g/mol. The van der Waals surface area contributed by atoms with Gasteiger partial charge < -0.3 is 15.8 Å². The SMILES string of the molecule is CS(=O)(=O)N1CCNC[C@@H]1CCc1c(F)cccc1CC(=O)[C@@H](N)[C@@H](c1ccc(Cl)cc1)C1CCOCC1. The highest BCUT2D eigenvalue weighted by Gasteiger charge is 2.34. The fourth-order valence-corrected chi connectivity index (χ4v) is 7.09. The molecule has 0 aliphatic carbocycles. The summed E-state index contributed by atoms with van der Waals surface area (Å²) in [6.45, 7) is 2.74. The molecule has 208 valence electrons. The molecule has 2 heterocycles. The molecule has 2 saturated heterocycles. The third-order valence-corrected chi connectivity index (χ3v) is 9.40. The van der Waals surface area contributed by atoms with Crippen molar-refractivity contribution in [2.24, 2.45) is 11.7 Å². The van der Waals surface area contributed by atoms with Crippen molar-refractivity contribution in [1.29, 1.82) is 0 Å². The average Bonchev–Trinajstić information content (AvgIpc) is 2.90. The molecule has 2 aliphatic heterocycles. The Morgan fingerprint density at radius 2 is 1.92 bits per heavy atom. The first-order valence-electron chi connectivity index (χ1n) is 13.2. The van der Waals surface area contributed by atoms with Gasteiger partial charge in [-0.05, 0) is 66.5 Å². The van der Waals surface area contributed by atoms with E-state index in [-0.39, 0.29) is 30.1 Å². The van der Waals surface area contributed by atoms with Gasteiger partial charge in [0.1, 0.15) is 5.82 Å². The Bertz CT molecular complexity index is 1210. The molecule has 0 amide bonds. The minimum absolute atomic E-state index is 0.0142. The minimum Gasteiger partial charge on any atom is -0.381 e. The normalized spacial score (nSPS) is 21.2. The van der Waals surface area contributed by atoms with E-state index < -0.39 is 21.9 Å². The molecule has 2 aromatic carbocycles. The van der Waals surface area contributed by atoms with Crippen molar-refractivity contribution >= 4 is 27.4 Å². The lowest BCUT2D eigenvalue weighted by molar-refractivity contribution is -0.120. The lowest BCUT2D eigenvalue weighted by atomic mass is 9.75. The predicted octanol–water partition coefficient (Wildman–Crippen LogP) is 3.29. The van der Waals surface area contributed by atoms with Gasteiger partial charge in [-0.1, -0.05) is 35.9 Å². The van der Waals surface area contributed by atoms with Crippen molar-refractivity contribution in [3.63, 3.8) is 0 Å². The predicted molar refractivity (Wildman–Crippen MR) is 147 cm³/mol. The molecule has 0 radical (unpaired) electrons. The zero-order chi connectivity index (χ0) is 27.3. The second-order valence-corrected chi connectivity index (χ2v) is 12.7. The van der Waals surface area contributed by atoms with E-state index >= 15 is 4.39 Å². The van der Waals surface area contributed by atoms with E-state index in [0.29, 0.717) is 61.8 Å². The van der Waals surface area contributed by atoms with Crippen LogP contribution >= 0.6 is 11.6 Å². The van der Waals surface area contributed by atoms with Crippen molar-refractivity contribution in [1.82, 2.24) is 9.62 Å². The van der Waals surface area contributed by atoms with E-state index in [2.05, 4.69) is 5.32 Å². The molecule has 38 heavy (non-hydrogen) atoms. The summed E-state index contributed by atoms with van der Waals surface area (Å²) in [6, 6.07) is 11.2. The second kappa shape index (κ2) is 13.0. The van der Waals surface area contributed by atoms with E-state index in [9.17, 15) is 13.2 Å². The number of ketones is 1. The van der Waals surface area contributed by atoms with Crippen LogP contribution in [0.3, 0.4) is 0 Å². The third-order valence-electron chi connectivity index (χ3n) is 7.82. The molecule has 2 fully saturated rings. The van der Waals surface area contributed by atoms with Crippen LogP contribution in [0, 0.1) is 11.7 Å². The molecular weight excluding hydrogens is 529 g/mol. The van der Waals surface area contributed by atoms with Crippen LogP contribution in [0.15, 0.2) is 42.5 Å². The van der Waals surface area contributed by atoms with E-state index in [1.807, 2.05) is 24.3 Å². The standard InChI is InChI=1S/C28H37ClFN3O4S/c1-38(35,36)33-14-13-32-18-23(33)9-10-24-21(3-2-4-25(24)30)17-26(34)28(31)27(20-11-15-37-16-12-20)19-5-7-22(29)8-6-19/h2-8,20,23,27-28,32H,9-18,31H2,1H3/t23-,27-,28+/m0/s1. The number of ether oxygens (including phenoxy) is 1. The maximum absolute atomic E-state index is 15.0. The molecular formula is C28H37ClFN3O4S. The molecule has 7 nitrogen and oxygen atoms in total. The molecule has 0 saturated carbocycles. The summed E-state index contributed by atoms with van der Waals surface area (Å²) >= 11 is 6.11. The quantitative estimate of drug-likeness (QED) is 0.458. The fourth-order valence-electron chi connectivity index (χ4n) is 5.82. The van der Waals surface area contributed by atoms with Gasteiger partial charge in [-0.3, -0.25) is 4.79 Å². The third kappa shape index (κ3) is 7.20. The molecule has 0 aromatic heterocycles. The van der Waals surface area contributed by atoms with Crippen LogP contribution in [-0.2, 0) is 32.4 Å². The summed E-state index contributed by atoms with van der Waals surface area (Å²) in [5.74, 6) is -0.549. The number of nitrogens with zero attached hydrogens (tertiary/aromatic N) is 1. The smallest absolute Gasteiger partial charge is 0.211 e. The monoisotopic (exact) mass is 565 g/mol. The van der Waals surface area contributed by atoms with Crippen molar-refractivity contribution < 1.29 is 22.3 Å². The van der Waals surface area contributed by atoms with E-state index in [4.69, 9.17) is 22.1 Å². The van der Waals surface area contributed by atoms with Gasteiger partial charge in [0, 0.05) is 56.3 Å². The van der Waals surface area contributed by atoms with Gasteiger partial charge in [0.05, 0.1) is 12.3 Å². The number of rotatable bonds is 10. The number of nitrogens with two attached hydrogens (primary N) is 1.